The van der Waals surface area contributed by atoms with E-state index in [1.165, 1.54) is 6.07 Å². The molecule has 0 amide bonds. The van der Waals surface area contributed by atoms with Gasteiger partial charge in [0.2, 0.25) is 0 Å². The maximum atomic E-state index is 11.9. The first-order valence-corrected chi connectivity index (χ1v) is 9.07. The zero-order valence-corrected chi connectivity index (χ0v) is 13.0. The highest BCUT2D eigenvalue weighted by molar-refractivity contribution is 7.92. The number of hydrogen-bond acceptors (Lipinski definition) is 5. The molecule has 0 saturated carbocycles. The van der Waals surface area contributed by atoms with Crippen LogP contribution in [0.3, 0.4) is 0 Å². The summed E-state index contributed by atoms with van der Waals surface area (Å²) >= 11 is 12.6. The molecule has 1 atom stereocenters. The van der Waals surface area contributed by atoms with Gasteiger partial charge < -0.3 is 4.74 Å². The molecule has 1 aromatic rings. The van der Waals surface area contributed by atoms with Crippen molar-refractivity contribution in [2.24, 2.45) is 0 Å². The van der Waals surface area contributed by atoms with E-state index in [-0.39, 0.29) is 21.8 Å². The summed E-state index contributed by atoms with van der Waals surface area (Å²) in [5.41, 5.74) is 0.174. The highest BCUT2D eigenvalue weighted by Crippen LogP contribution is 2.31. The Hall–Kier alpha value is -0.140. The van der Waals surface area contributed by atoms with Gasteiger partial charge in [0.15, 0.2) is 15.6 Å². The second kappa shape index (κ2) is 6.10. The second-order valence-electron chi connectivity index (χ2n) is 4.35. The molecule has 4 nitrogen and oxygen atoms in total. The zero-order chi connectivity index (χ0) is 14.0. The van der Waals surface area contributed by atoms with Gasteiger partial charge in [-0.15, -0.1) is 11.3 Å². The topological polar surface area (TPSA) is 60.4 Å². The van der Waals surface area contributed by atoms with Gasteiger partial charge in [0.05, 0.1) is 16.2 Å². The Morgan fingerprint density at radius 1 is 1.47 bits per heavy atom. The minimum absolute atomic E-state index is 0.117. The lowest BCUT2D eigenvalue weighted by Crippen LogP contribution is -2.26. The Bertz CT molecular complexity index is 574. The molecule has 1 unspecified atom stereocenters. The van der Waals surface area contributed by atoms with Gasteiger partial charge in [-0.05, 0) is 18.9 Å². The number of Topliss-reactive ketones (excluding diaryl/α,β-unsaturated/α-hetero) is 1. The molecular formula is C11H12Cl2O4S2. The Labute approximate surface area is 125 Å². The third-order valence-electron chi connectivity index (χ3n) is 2.77. The normalized spacial score (nSPS) is 19.8. The van der Waals surface area contributed by atoms with Crippen LogP contribution in [0.4, 0.5) is 0 Å². The molecule has 0 N–H and O–H groups in total. The van der Waals surface area contributed by atoms with Crippen molar-refractivity contribution in [3.8, 4) is 0 Å². The molecule has 8 heteroatoms. The highest BCUT2D eigenvalue weighted by Gasteiger charge is 2.27. The molecule has 2 rings (SSSR count). The standard InChI is InChI=1S/C11H12Cl2O4S2/c12-10-4-8(11(13)18-10)9(14)6-19(15,16)5-7-2-1-3-17-7/h4,7H,1-3,5-6H2. The molecule has 0 aromatic carbocycles. The molecule has 0 aliphatic carbocycles. The first-order chi connectivity index (χ1) is 8.87. The summed E-state index contributed by atoms with van der Waals surface area (Å²) in [6.07, 6.45) is 1.29. The van der Waals surface area contributed by atoms with Crippen LogP contribution in [-0.2, 0) is 14.6 Å². The van der Waals surface area contributed by atoms with Crippen molar-refractivity contribution >= 4 is 50.2 Å². The molecule has 106 valence electrons. The van der Waals surface area contributed by atoms with Crippen molar-refractivity contribution in [2.45, 2.75) is 18.9 Å². The summed E-state index contributed by atoms with van der Waals surface area (Å²) < 4.78 is 29.7. The minimum atomic E-state index is -3.49. The fourth-order valence-corrected chi connectivity index (χ4v) is 4.93. The average Bonchev–Trinajstić information content (AvgIpc) is 2.86. The number of rotatable bonds is 5. The number of hydrogen-bond donors (Lipinski definition) is 0. The largest absolute Gasteiger partial charge is 0.377 e. The van der Waals surface area contributed by atoms with Crippen LogP contribution in [0.1, 0.15) is 23.2 Å². The van der Waals surface area contributed by atoms with Gasteiger partial charge >= 0.3 is 0 Å². The predicted molar refractivity (Wildman–Crippen MR) is 76.3 cm³/mol. The number of halogens is 2. The molecule has 1 aliphatic rings. The predicted octanol–water partition coefficient (Wildman–Crippen LogP) is 2.83. The molecule has 2 heterocycles. The summed E-state index contributed by atoms with van der Waals surface area (Å²) in [5, 5.41) is 0. The van der Waals surface area contributed by atoms with Gasteiger partial charge in [0.25, 0.3) is 0 Å². The molecule has 19 heavy (non-hydrogen) atoms. The van der Waals surface area contributed by atoms with Crippen molar-refractivity contribution in [1.82, 2.24) is 0 Å². The van der Waals surface area contributed by atoms with Crippen LogP contribution < -0.4 is 0 Å². The molecule has 1 aromatic heterocycles. The van der Waals surface area contributed by atoms with Gasteiger partial charge in [0, 0.05) is 12.2 Å². The molecule has 0 bridgehead atoms. The van der Waals surface area contributed by atoms with E-state index in [2.05, 4.69) is 0 Å². The molecule has 0 spiro atoms. The van der Waals surface area contributed by atoms with E-state index in [9.17, 15) is 13.2 Å². The van der Waals surface area contributed by atoms with Crippen LogP contribution in [0.2, 0.25) is 8.67 Å². The molecule has 0 radical (unpaired) electrons. The first-order valence-electron chi connectivity index (χ1n) is 5.67. The first kappa shape index (κ1) is 15.3. The summed E-state index contributed by atoms with van der Waals surface area (Å²) in [6, 6.07) is 1.40. The second-order valence-corrected chi connectivity index (χ2v) is 8.75. The number of sulfone groups is 1. The van der Waals surface area contributed by atoms with E-state index in [1.54, 1.807) is 0 Å². The van der Waals surface area contributed by atoms with Gasteiger partial charge in [-0.2, -0.15) is 0 Å². The summed E-state index contributed by atoms with van der Waals surface area (Å²) in [7, 11) is -3.49. The van der Waals surface area contributed by atoms with Crippen LogP contribution in [0, 0.1) is 0 Å². The van der Waals surface area contributed by atoms with Crippen molar-refractivity contribution in [3.05, 3.63) is 20.3 Å². The zero-order valence-electron chi connectivity index (χ0n) is 9.90. The van der Waals surface area contributed by atoms with E-state index in [0.717, 1.165) is 24.2 Å². The number of thiophene rings is 1. The Morgan fingerprint density at radius 3 is 2.74 bits per heavy atom. The maximum absolute atomic E-state index is 11.9. The van der Waals surface area contributed by atoms with Crippen LogP contribution >= 0.6 is 34.5 Å². The van der Waals surface area contributed by atoms with Crippen LogP contribution in [-0.4, -0.2) is 38.4 Å². The fourth-order valence-electron chi connectivity index (χ4n) is 1.93. The number of ketones is 1. The number of ether oxygens (including phenoxy) is 1. The lowest BCUT2D eigenvalue weighted by molar-refractivity contribution is 0.102. The van der Waals surface area contributed by atoms with Crippen LogP contribution in [0.15, 0.2) is 6.07 Å². The smallest absolute Gasteiger partial charge is 0.180 e. The van der Waals surface area contributed by atoms with E-state index < -0.39 is 21.4 Å². The monoisotopic (exact) mass is 342 g/mol. The SMILES string of the molecule is O=C(CS(=O)(=O)CC1CCCO1)c1cc(Cl)sc1Cl. The van der Waals surface area contributed by atoms with Gasteiger partial charge in [-0.1, -0.05) is 23.2 Å². The maximum Gasteiger partial charge on any atom is 0.180 e. The van der Waals surface area contributed by atoms with Crippen molar-refractivity contribution in [1.29, 1.82) is 0 Å². The minimum Gasteiger partial charge on any atom is -0.377 e. The number of carbonyl (C=O) groups excluding carboxylic acids is 1. The molecular weight excluding hydrogens is 331 g/mol. The van der Waals surface area contributed by atoms with E-state index in [0.29, 0.717) is 10.9 Å². The van der Waals surface area contributed by atoms with E-state index in [4.69, 9.17) is 27.9 Å². The summed E-state index contributed by atoms with van der Waals surface area (Å²) in [6.45, 7) is 0.583. The number of carbonyl (C=O) groups is 1. The van der Waals surface area contributed by atoms with Crippen LogP contribution in [0.5, 0.6) is 0 Å². The van der Waals surface area contributed by atoms with Gasteiger partial charge in [-0.3, -0.25) is 4.79 Å². The van der Waals surface area contributed by atoms with E-state index in [1.807, 2.05) is 0 Å². The quantitative estimate of drug-likeness (QED) is 0.772. The lowest BCUT2D eigenvalue weighted by atomic mass is 10.2. The van der Waals surface area contributed by atoms with Gasteiger partial charge in [-0.25, -0.2) is 8.42 Å². The average molecular weight is 343 g/mol. The van der Waals surface area contributed by atoms with E-state index >= 15 is 0 Å². The fraction of sp³-hybridized carbons (Fsp3) is 0.545. The lowest BCUT2D eigenvalue weighted by Gasteiger charge is -2.09. The third kappa shape index (κ3) is 4.16. The Kier molecular flexibility index (Phi) is 4.89. The van der Waals surface area contributed by atoms with Gasteiger partial charge in [0.1, 0.15) is 10.1 Å². The van der Waals surface area contributed by atoms with Crippen molar-refractivity contribution < 1.29 is 17.9 Å². The van der Waals surface area contributed by atoms with Crippen molar-refractivity contribution in [3.63, 3.8) is 0 Å². The highest BCUT2D eigenvalue weighted by atomic mass is 35.5. The third-order valence-corrected chi connectivity index (χ3v) is 5.84. The molecule has 1 aliphatic heterocycles. The van der Waals surface area contributed by atoms with Crippen LogP contribution in [0.25, 0.3) is 0 Å². The molecule has 1 saturated heterocycles. The Balaban J connectivity index is 2.03. The molecule has 1 fully saturated rings. The summed E-state index contributed by atoms with van der Waals surface area (Å²) in [4.78, 5) is 11.9. The summed E-state index contributed by atoms with van der Waals surface area (Å²) in [5.74, 6) is -1.19. The van der Waals surface area contributed by atoms with Crippen molar-refractivity contribution in [2.75, 3.05) is 18.1 Å². The Morgan fingerprint density at radius 2 is 2.21 bits per heavy atom.